The summed E-state index contributed by atoms with van der Waals surface area (Å²) in [7, 11) is 0. The number of aryl methyl sites for hydroxylation is 1. The topological polar surface area (TPSA) is 87.6 Å². The van der Waals surface area contributed by atoms with E-state index in [-0.39, 0.29) is 11.6 Å². The fourth-order valence-corrected chi connectivity index (χ4v) is 2.64. The molecule has 0 bridgehead atoms. The van der Waals surface area contributed by atoms with Crippen molar-refractivity contribution in [2.45, 2.75) is 25.1 Å². The summed E-state index contributed by atoms with van der Waals surface area (Å²) in [5.74, 6) is 0. The first-order valence-electron chi connectivity index (χ1n) is 6.38. The highest BCUT2D eigenvalue weighted by Crippen LogP contribution is 2.25. The summed E-state index contributed by atoms with van der Waals surface area (Å²) in [4.78, 5) is 27.6. The highest BCUT2D eigenvalue weighted by Gasteiger charge is 2.39. The first-order valence-corrected chi connectivity index (χ1v) is 6.38. The summed E-state index contributed by atoms with van der Waals surface area (Å²) < 4.78 is 6.57. The van der Waals surface area contributed by atoms with Crippen molar-refractivity contribution in [2.24, 2.45) is 0 Å². The van der Waals surface area contributed by atoms with Crippen LogP contribution >= 0.6 is 0 Å². The van der Waals surface area contributed by atoms with Crippen LogP contribution in [0.3, 0.4) is 0 Å². The molecule has 1 aromatic heterocycles. The molecule has 0 saturated carbocycles. The molecule has 19 heavy (non-hydrogen) atoms. The van der Waals surface area contributed by atoms with Crippen molar-refractivity contribution in [3.05, 3.63) is 32.6 Å². The lowest BCUT2D eigenvalue weighted by atomic mass is 10.2. The minimum Gasteiger partial charge on any atom is -0.390 e. The Kier molecular flexibility index (Phi) is 3.04. The number of hydrogen-bond acceptors (Lipinski definition) is 5. The zero-order valence-electron chi connectivity index (χ0n) is 10.7. The summed E-state index contributed by atoms with van der Waals surface area (Å²) in [6.07, 6.45) is 0.916. The predicted octanol–water partition coefficient (Wildman–Crippen LogP) is -1.54. The monoisotopic (exact) mass is 267 g/mol. The second-order valence-corrected chi connectivity index (χ2v) is 5.26. The van der Waals surface area contributed by atoms with Crippen molar-refractivity contribution in [3.8, 4) is 0 Å². The Balaban J connectivity index is 1.88. The normalized spacial score (nSPS) is 28.5. The average molecular weight is 267 g/mol. The molecule has 2 N–H and O–H groups in total. The van der Waals surface area contributed by atoms with Crippen LogP contribution < -0.4 is 11.2 Å². The molecular formula is C12H17N3O4. The first kappa shape index (κ1) is 12.6. The molecule has 0 spiro atoms. The van der Waals surface area contributed by atoms with E-state index in [2.05, 4.69) is 9.88 Å². The minimum absolute atomic E-state index is 0.316. The SMILES string of the molecule is Cc1cn([C@@H]2CN(C3COC3)C[C@H]2O)c(=O)[nH]c1=O. The second kappa shape index (κ2) is 4.59. The smallest absolute Gasteiger partial charge is 0.328 e. The van der Waals surface area contributed by atoms with Crippen molar-refractivity contribution in [3.63, 3.8) is 0 Å². The third-order valence-electron chi connectivity index (χ3n) is 3.93. The third kappa shape index (κ3) is 2.13. The fourth-order valence-electron chi connectivity index (χ4n) is 2.64. The van der Waals surface area contributed by atoms with Gasteiger partial charge < -0.3 is 9.84 Å². The Hall–Kier alpha value is -1.44. The molecule has 1 aromatic rings. The molecule has 7 heteroatoms. The fraction of sp³-hybridized carbons (Fsp3) is 0.667. The van der Waals surface area contributed by atoms with E-state index in [4.69, 9.17) is 4.74 Å². The van der Waals surface area contributed by atoms with Gasteiger partial charge >= 0.3 is 5.69 Å². The van der Waals surface area contributed by atoms with Crippen LogP contribution in [0.5, 0.6) is 0 Å². The predicted molar refractivity (Wildman–Crippen MR) is 67.3 cm³/mol. The van der Waals surface area contributed by atoms with Crippen LogP contribution in [0.15, 0.2) is 15.8 Å². The minimum atomic E-state index is -0.608. The summed E-state index contributed by atoms with van der Waals surface area (Å²) in [5, 5.41) is 10.1. The van der Waals surface area contributed by atoms with E-state index in [1.54, 1.807) is 6.92 Å². The number of H-pyrrole nitrogens is 1. The van der Waals surface area contributed by atoms with Gasteiger partial charge in [0, 0.05) is 24.8 Å². The lowest BCUT2D eigenvalue weighted by Gasteiger charge is -2.34. The number of aliphatic hydroxyl groups is 1. The first-order chi connectivity index (χ1) is 9.06. The number of hydrogen-bond donors (Lipinski definition) is 2. The van der Waals surface area contributed by atoms with Crippen LogP contribution in [0.1, 0.15) is 11.6 Å². The Morgan fingerprint density at radius 2 is 2.11 bits per heavy atom. The quantitative estimate of drug-likeness (QED) is 0.678. The van der Waals surface area contributed by atoms with Gasteiger partial charge in [0.05, 0.1) is 31.4 Å². The second-order valence-electron chi connectivity index (χ2n) is 5.26. The Morgan fingerprint density at radius 3 is 2.74 bits per heavy atom. The number of nitrogens with one attached hydrogen (secondary N) is 1. The number of likely N-dealkylation sites (tertiary alicyclic amines) is 1. The van der Waals surface area contributed by atoms with Crippen LogP contribution in [-0.4, -0.2) is 58.0 Å². The number of aromatic amines is 1. The van der Waals surface area contributed by atoms with E-state index in [1.165, 1.54) is 10.8 Å². The number of aliphatic hydroxyl groups excluding tert-OH is 1. The molecule has 2 fully saturated rings. The summed E-state index contributed by atoms with van der Waals surface area (Å²) in [6.45, 7) is 4.13. The maximum Gasteiger partial charge on any atom is 0.328 e. The number of nitrogens with zero attached hydrogens (tertiary/aromatic N) is 2. The van der Waals surface area contributed by atoms with Gasteiger partial charge in [0.25, 0.3) is 5.56 Å². The van der Waals surface area contributed by atoms with Crippen LogP contribution in [0.4, 0.5) is 0 Å². The van der Waals surface area contributed by atoms with Gasteiger partial charge in [-0.15, -0.1) is 0 Å². The number of rotatable bonds is 2. The summed E-state index contributed by atoms with van der Waals surface area (Å²) in [6, 6.07) is 0.0165. The van der Waals surface area contributed by atoms with Crippen molar-refractivity contribution in [1.29, 1.82) is 0 Å². The van der Waals surface area contributed by atoms with Crippen molar-refractivity contribution in [2.75, 3.05) is 26.3 Å². The third-order valence-corrected chi connectivity index (χ3v) is 3.93. The number of β-amino-alcohol motifs (C(OH)–C–C–N with tert-alkyl or cyclic N) is 1. The molecule has 0 amide bonds. The van der Waals surface area contributed by atoms with E-state index in [9.17, 15) is 14.7 Å². The zero-order valence-corrected chi connectivity index (χ0v) is 10.7. The zero-order chi connectivity index (χ0) is 13.6. The van der Waals surface area contributed by atoms with Gasteiger partial charge in [-0.2, -0.15) is 0 Å². The number of ether oxygens (including phenoxy) is 1. The van der Waals surface area contributed by atoms with Crippen LogP contribution in [-0.2, 0) is 4.74 Å². The number of aromatic nitrogens is 2. The lowest BCUT2D eigenvalue weighted by Crippen LogP contribution is -2.48. The molecular weight excluding hydrogens is 250 g/mol. The maximum absolute atomic E-state index is 11.8. The molecule has 7 nitrogen and oxygen atoms in total. The van der Waals surface area contributed by atoms with Gasteiger partial charge in [-0.25, -0.2) is 4.79 Å². The van der Waals surface area contributed by atoms with Crippen LogP contribution in [0, 0.1) is 6.92 Å². The highest BCUT2D eigenvalue weighted by molar-refractivity contribution is 5.04. The molecule has 2 atom stereocenters. The summed E-state index contributed by atoms with van der Waals surface area (Å²) in [5.41, 5.74) is -0.374. The Bertz CT molecular complexity index is 589. The van der Waals surface area contributed by atoms with Gasteiger partial charge in [-0.1, -0.05) is 0 Å². The van der Waals surface area contributed by atoms with Crippen LogP contribution in [0.2, 0.25) is 0 Å². The van der Waals surface area contributed by atoms with Gasteiger partial charge in [-0.3, -0.25) is 19.2 Å². The van der Waals surface area contributed by atoms with Gasteiger partial charge in [0.2, 0.25) is 0 Å². The Labute approximate surface area is 109 Å². The average Bonchev–Trinajstić information content (AvgIpc) is 2.63. The maximum atomic E-state index is 11.8. The standard InChI is InChI=1S/C12H17N3O4/c1-7-2-15(12(18)13-11(7)17)9-3-14(4-10(9)16)8-5-19-6-8/h2,8-10,16H,3-6H2,1H3,(H,13,17,18)/t9-,10-/m1/s1. The molecule has 2 aliphatic rings. The largest absolute Gasteiger partial charge is 0.390 e. The van der Waals surface area contributed by atoms with Crippen molar-refractivity contribution >= 4 is 0 Å². The molecule has 0 aromatic carbocycles. The van der Waals surface area contributed by atoms with Crippen molar-refractivity contribution < 1.29 is 9.84 Å². The summed E-state index contributed by atoms with van der Waals surface area (Å²) >= 11 is 0. The van der Waals surface area contributed by atoms with Gasteiger partial charge in [0.15, 0.2) is 0 Å². The van der Waals surface area contributed by atoms with E-state index in [1.807, 2.05) is 0 Å². The highest BCUT2D eigenvalue weighted by atomic mass is 16.5. The Morgan fingerprint density at radius 1 is 1.37 bits per heavy atom. The molecule has 2 saturated heterocycles. The van der Waals surface area contributed by atoms with E-state index < -0.39 is 11.8 Å². The molecule has 0 aliphatic carbocycles. The molecule has 0 radical (unpaired) electrons. The van der Waals surface area contributed by atoms with Crippen molar-refractivity contribution in [1.82, 2.24) is 14.5 Å². The van der Waals surface area contributed by atoms with Gasteiger partial charge in [-0.05, 0) is 6.92 Å². The van der Waals surface area contributed by atoms with E-state index in [0.717, 1.165) is 0 Å². The molecule has 3 heterocycles. The molecule has 2 aliphatic heterocycles. The lowest BCUT2D eigenvalue weighted by molar-refractivity contribution is -0.0600. The molecule has 0 unspecified atom stereocenters. The van der Waals surface area contributed by atoms with Crippen LogP contribution in [0.25, 0.3) is 0 Å². The van der Waals surface area contributed by atoms with Gasteiger partial charge in [0.1, 0.15) is 0 Å². The molecule has 3 rings (SSSR count). The van der Waals surface area contributed by atoms with E-state index >= 15 is 0 Å². The molecule has 104 valence electrons. The van der Waals surface area contributed by atoms with E-state index in [0.29, 0.717) is 37.9 Å².